The van der Waals surface area contributed by atoms with E-state index in [1.807, 2.05) is 32.0 Å². The van der Waals surface area contributed by atoms with Crippen molar-refractivity contribution < 1.29 is 9.72 Å². The third kappa shape index (κ3) is 5.25. The summed E-state index contributed by atoms with van der Waals surface area (Å²) in [5, 5.41) is 20.3. The molecular weight excluding hydrogens is 334 g/mol. The first-order valence-electron chi connectivity index (χ1n) is 8.47. The third-order valence-electron chi connectivity index (χ3n) is 3.80. The summed E-state index contributed by atoms with van der Waals surface area (Å²) in [5.41, 5.74) is 1.22. The van der Waals surface area contributed by atoms with Crippen LogP contribution in [0.25, 0.3) is 0 Å². The fraction of sp³-hybridized carbons (Fsp3) is 0.333. The number of amides is 1. The summed E-state index contributed by atoms with van der Waals surface area (Å²) in [6.45, 7) is 5.76. The Morgan fingerprint density at radius 1 is 1.27 bits per heavy atom. The summed E-state index contributed by atoms with van der Waals surface area (Å²) in [6, 6.07) is 9.71. The Morgan fingerprint density at radius 2 is 2.08 bits per heavy atom. The number of nitro groups is 1. The van der Waals surface area contributed by atoms with Crippen molar-refractivity contribution in [2.45, 2.75) is 19.9 Å². The van der Waals surface area contributed by atoms with E-state index in [9.17, 15) is 14.9 Å². The molecule has 3 N–H and O–H groups in total. The van der Waals surface area contributed by atoms with Gasteiger partial charge in [0.15, 0.2) is 0 Å². The monoisotopic (exact) mass is 357 g/mol. The Balaban J connectivity index is 2.13. The molecule has 0 fully saturated rings. The Labute approximate surface area is 152 Å². The number of rotatable bonds is 9. The van der Waals surface area contributed by atoms with Gasteiger partial charge in [0.2, 0.25) is 0 Å². The van der Waals surface area contributed by atoms with Gasteiger partial charge in [0.1, 0.15) is 5.69 Å². The number of carbonyl (C=O) groups excluding carboxylic acids is 1. The minimum Gasteiger partial charge on any atom is -0.371 e. The topological polar surface area (TPSA) is 109 Å². The number of nitro benzene ring substituents is 1. The second kappa shape index (κ2) is 9.47. The van der Waals surface area contributed by atoms with Crippen LogP contribution in [-0.2, 0) is 0 Å². The number of carbonyl (C=O) groups is 1. The van der Waals surface area contributed by atoms with Crippen LogP contribution in [0.5, 0.6) is 0 Å². The number of hydrogen-bond donors (Lipinski definition) is 3. The lowest BCUT2D eigenvalue weighted by atomic mass is 10.1. The molecule has 0 aliphatic rings. The van der Waals surface area contributed by atoms with E-state index < -0.39 is 4.92 Å². The number of likely N-dealkylation sites (N-methyl/N-ethyl adjacent to an activating group) is 1. The summed E-state index contributed by atoms with van der Waals surface area (Å²) < 4.78 is 0. The number of anilines is 1. The quantitative estimate of drug-likeness (QED) is 0.361. The number of nitrogens with zero attached hydrogens (tertiary/aromatic N) is 2. The maximum Gasteiger partial charge on any atom is 0.293 e. The van der Waals surface area contributed by atoms with Crippen molar-refractivity contribution in [1.29, 1.82) is 0 Å². The molecule has 8 heteroatoms. The molecule has 0 spiro atoms. The maximum atomic E-state index is 12.1. The smallest absolute Gasteiger partial charge is 0.293 e. The highest BCUT2D eigenvalue weighted by molar-refractivity contribution is 5.95. The molecule has 0 bridgehead atoms. The van der Waals surface area contributed by atoms with Crippen molar-refractivity contribution in [1.82, 2.24) is 15.6 Å². The summed E-state index contributed by atoms with van der Waals surface area (Å²) in [6.07, 6.45) is 1.67. The lowest BCUT2D eigenvalue weighted by molar-refractivity contribution is -0.384. The van der Waals surface area contributed by atoms with E-state index in [0.717, 1.165) is 12.2 Å². The van der Waals surface area contributed by atoms with Gasteiger partial charge in [-0.15, -0.1) is 0 Å². The highest BCUT2D eigenvalue weighted by atomic mass is 16.6. The van der Waals surface area contributed by atoms with Gasteiger partial charge < -0.3 is 16.0 Å². The first-order chi connectivity index (χ1) is 12.5. The molecule has 1 unspecified atom stereocenters. The fourth-order valence-electron chi connectivity index (χ4n) is 2.43. The average Bonchev–Trinajstić information content (AvgIpc) is 2.65. The van der Waals surface area contributed by atoms with Crippen molar-refractivity contribution in [3.63, 3.8) is 0 Å². The summed E-state index contributed by atoms with van der Waals surface area (Å²) in [7, 11) is 0. The van der Waals surface area contributed by atoms with E-state index in [1.165, 1.54) is 6.07 Å². The van der Waals surface area contributed by atoms with Gasteiger partial charge in [-0.25, -0.2) is 0 Å². The van der Waals surface area contributed by atoms with Crippen LogP contribution in [0, 0.1) is 10.1 Å². The molecule has 1 aromatic heterocycles. The highest BCUT2D eigenvalue weighted by Gasteiger charge is 2.19. The van der Waals surface area contributed by atoms with E-state index in [0.29, 0.717) is 18.8 Å². The Hall–Kier alpha value is -3.00. The molecule has 1 atom stereocenters. The minimum absolute atomic E-state index is 0.146. The number of benzene rings is 1. The molecule has 2 rings (SSSR count). The zero-order chi connectivity index (χ0) is 18.9. The molecule has 26 heavy (non-hydrogen) atoms. The number of pyridine rings is 1. The van der Waals surface area contributed by atoms with E-state index in [-0.39, 0.29) is 23.2 Å². The zero-order valence-electron chi connectivity index (χ0n) is 14.9. The van der Waals surface area contributed by atoms with Crippen molar-refractivity contribution >= 4 is 17.3 Å². The first-order valence-corrected chi connectivity index (χ1v) is 8.47. The van der Waals surface area contributed by atoms with E-state index in [2.05, 4.69) is 20.9 Å². The zero-order valence-corrected chi connectivity index (χ0v) is 14.9. The third-order valence-corrected chi connectivity index (χ3v) is 3.80. The number of hydrogen-bond acceptors (Lipinski definition) is 6. The molecule has 0 aliphatic heterocycles. The second-order valence-electron chi connectivity index (χ2n) is 5.72. The maximum absolute atomic E-state index is 12.1. The van der Waals surface area contributed by atoms with E-state index >= 15 is 0 Å². The minimum atomic E-state index is -0.497. The molecule has 1 aromatic carbocycles. The molecule has 0 saturated heterocycles. The van der Waals surface area contributed by atoms with Gasteiger partial charge in [0, 0.05) is 30.9 Å². The van der Waals surface area contributed by atoms with Gasteiger partial charge in [-0.1, -0.05) is 13.0 Å². The highest BCUT2D eigenvalue weighted by Crippen LogP contribution is 2.28. The standard InChI is InChI=1S/C18H23N5O3/c1-3-19-10-11-21-18(24)14-7-8-16(17(12-14)23(25)26)22-13(2)15-6-4-5-9-20-15/h4-9,12-13,19,22H,3,10-11H2,1-2H3,(H,21,24). The molecule has 8 nitrogen and oxygen atoms in total. The van der Waals surface area contributed by atoms with Crippen LogP contribution in [-0.4, -0.2) is 35.4 Å². The molecular formula is C18H23N5O3. The van der Waals surface area contributed by atoms with Crippen molar-refractivity contribution in [2.75, 3.05) is 25.0 Å². The predicted molar refractivity (Wildman–Crippen MR) is 100 cm³/mol. The lowest BCUT2D eigenvalue weighted by Gasteiger charge is -2.15. The van der Waals surface area contributed by atoms with Crippen LogP contribution in [0.3, 0.4) is 0 Å². The Bertz CT molecular complexity index is 752. The number of aromatic nitrogens is 1. The van der Waals surface area contributed by atoms with Gasteiger partial charge in [-0.2, -0.15) is 0 Å². The summed E-state index contributed by atoms with van der Waals surface area (Å²) >= 11 is 0. The predicted octanol–water partition coefficient (Wildman–Crippen LogP) is 2.50. The van der Waals surface area contributed by atoms with Crippen LogP contribution in [0.2, 0.25) is 0 Å². The normalized spacial score (nSPS) is 11.6. The average molecular weight is 357 g/mol. The van der Waals surface area contributed by atoms with Crippen LogP contribution in [0.4, 0.5) is 11.4 Å². The van der Waals surface area contributed by atoms with Crippen LogP contribution >= 0.6 is 0 Å². The molecule has 1 heterocycles. The van der Waals surface area contributed by atoms with Crippen LogP contribution in [0.1, 0.15) is 35.9 Å². The van der Waals surface area contributed by atoms with Crippen molar-refractivity contribution in [3.05, 3.63) is 64.0 Å². The van der Waals surface area contributed by atoms with Gasteiger partial charge in [-0.05, 0) is 37.7 Å². The van der Waals surface area contributed by atoms with Crippen molar-refractivity contribution in [3.8, 4) is 0 Å². The first kappa shape index (κ1) is 19.3. The summed E-state index contributed by atoms with van der Waals surface area (Å²) in [5.74, 6) is -0.338. The van der Waals surface area contributed by atoms with Gasteiger partial charge in [0.25, 0.3) is 11.6 Å². The SMILES string of the molecule is CCNCCNC(=O)c1ccc(NC(C)c2ccccn2)c([N+](=O)[O-])c1. The second-order valence-corrected chi connectivity index (χ2v) is 5.72. The molecule has 2 aromatic rings. The van der Waals surface area contributed by atoms with Crippen molar-refractivity contribution in [2.24, 2.45) is 0 Å². The van der Waals surface area contributed by atoms with Gasteiger partial charge >= 0.3 is 0 Å². The molecule has 1 amide bonds. The lowest BCUT2D eigenvalue weighted by Crippen LogP contribution is -2.31. The molecule has 138 valence electrons. The summed E-state index contributed by atoms with van der Waals surface area (Å²) in [4.78, 5) is 27.3. The Kier molecular flexibility index (Phi) is 7.04. The van der Waals surface area contributed by atoms with Crippen LogP contribution in [0.15, 0.2) is 42.6 Å². The van der Waals surface area contributed by atoms with Gasteiger partial charge in [-0.3, -0.25) is 19.9 Å². The molecule has 0 radical (unpaired) electrons. The van der Waals surface area contributed by atoms with E-state index in [4.69, 9.17) is 0 Å². The van der Waals surface area contributed by atoms with Gasteiger partial charge in [0.05, 0.1) is 16.7 Å². The largest absolute Gasteiger partial charge is 0.371 e. The Morgan fingerprint density at radius 3 is 2.73 bits per heavy atom. The molecule has 0 aliphatic carbocycles. The molecule has 0 saturated carbocycles. The number of nitrogens with one attached hydrogen (secondary N) is 3. The van der Waals surface area contributed by atoms with E-state index in [1.54, 1.807) is 18.3 Å². The van der Waals surface area contributed by atoms with Crippen LogP contribution < -0.4 is 16.0 Å². The fourth-order valence-corrected chi connectivity index (χ4v) is 2.43.